The van der Waals surface area contributed by atoms with Crippen LogP contribution in [0, 0.1) is 6.92 Å². The maximum Gasteiger partial charge on any atom is 0.172 e. The van der Waals surface area contributed by atoms with E-state index in [0.29, 0.717) is 12.4 Å². The minimum absolute atomic E-state index is 0. The van der Waals surface area contributed by atoms with Crippen molar-refractivity contribution in [2.45, 2.75) is 13.5 Å². The van der Waals surface area contributed by atoms with Gasteiger partial charge in [0.15, 0.2) is 5.82 Å². The Balaban J connectivity index is 0.00000112. The van der Waals surface area contributed by atoms with Crippen molar-refractivity contribution in [1.29, 1.82) is 0 Å². The van der Waals surface area contributed by atoms with Crippen LogP contribution >= 0.6 is 12.4 Å². The third-order valence-corrected chi connectivity index (χ3v) is 1.92. The van der Waals surface area contributed by atoms with Crippen LogP contribution in [0.4, 0.5) is 0 Å². The Kier molecular flexibility index (Phi) is 3.76. The van der Waals surface area contributed by atoms with Crippen molar-refractivity contribution in [3.05, 3.63) is 35.7 Å². The summed E-state index contributed by atoms with van der Waals surface area (Å²) >= 11 is 0. The lowest BCUT2D eigenvalue weighted by molar-refractivity contribution is 0.718. The van der Waals surface area contributed by atoms with Gasteiger partial charge in [-0.05, 0) is 29.8 Å². The molecule has 2 rings (SSSR count). The first-order valence-corrected chi connectivity index (χ1v) is 4.35. The lowest BCUT2D eigenvalue weighted by Crippen LogP contribution is -2.00. The molecule has 0 fully saturated rings. The van der Waals surface area contributed by atoms with Crippen LogP contribution in [0.2, 0.25) is 0 Å². The Labute approximate surface area is 93.7 Å². The van der Waals surface area contributed by atoms with E-state index in [1.54, 1.807) is 6.92 Å². The van der Waals surface area contributed by atoms with Crippen LogP contribution in [-0.2, 0) is 6.54 Å². The van der Waals surface area contributed by atoms with E-state index in [4.69, 9.17) is 5.73 Å². The first-order chi connectivity index (χ1) is 6.79. The van der Waals surface area contributed by atoms with Gasteiger partial charge in [0.05, 0.1) is 5.69 Å². The molecular formula is C9H12ClN5. The van der Waals surface area contributed by atoms with Gasteiger partial charge in [-0.25, -0.2) is 0 Å². The highest BCUT2D eigenvalue weighted by Crippen LogP contribution is 2.06. The summed E-state index contributed by atoms with van der Waals surface area (Å²) in [5.41, 5.74) is 7.47. The first-order valence-electron chi connectivity index (χ1n) is 4.35. The minimum atomic E-state index is 0. The highest BCUT2D eigenvalue weighted by molar-refractivity contribution is 5.85. The predicted molar refractivity (Wildman–Crippen MR) is 59.0 cm³/mol. The van der Waals surface area contributed by atoms with Gasteiger partial charge < -0.3 is 5.73 Å². The average molecular weight is 226 g/mol. The molecule has 1 heterocycles. The summed E-state index contributed by atoms with van der Waals surface area (Å²) in [7, 11) is 0. The standard InChI is InChI=1S/C9H11N5.ClH/c1-7-11-13-14(12-7)9-4-2-8(6-10)3-5-9;/h2-5H,6,10H2,1H3;1H. The molecule has 0 aliphatic carbocycles. The molecule has 15 heavy (non-hydrogen) atoms. The molecule has 1 aromatic heterocycles. The molecule has 80 valence electrons. The van der Waals surface area contributed by atoms with Crippen molar-refractivity contribution >= 4 is 12.4 Å². The van der Waals surface area contributed by atoms with Crippen molar-refractivity contribution in [2.24, 2.45) is 5.73 Å². The number of aryl methyl sites for hydroxylation is 1. The minimum Gasteiger partial charge on any atom is -0.326 e. The third-order valence-electron chi connectivity index (χ3n) is 1.92. The molecule has 2 N–H and O–H groups in total. The second-order valence-corrected chi connectivity index (χ2v) is 3.00. The van der Waals surface area contributed by atoms with Gasteiger partial charge in [0, 0.05) is 6.54 Å². The molecule has 5 nitrogen and oxygen atoms in total. The van der Waals surface area contributed by atoms with Crippen LogP contribution < -0.4 is 5.73 Å². The van der Waals surface area contributed by atoms with Crippen LogP contribution in [0.15, 0.2) is 24.3 Å². The molecule has 1 aromatic carbocycles. The van der Waals surface area contributed by atoms with E-state index in [9.17, 15) is 0 Å². The Bertz CT molecular complexity index is 422. The smallest absolute Gasteiger partial charge is 0.172 e. The van der Waals surface area contributed by atoms with E-state index in [0.717, 1.165) is 11.3 Å². The van der Waals surface area contributed by atoms with E-state index in [2.05, 4.69) is 15.4 Å². The van der Waals surface area contributed by atoms with Gasteiger partial charge in [0.1, 0.15) is 0 Å². The van der Waals surface area contributed by atoms with Crippen molar-refractivity contribution in [1.82, 2.24) is 20.2 Å². The van der Waals surface area contributed by atoms with E-state index < -0.39 is 0 Å². The number of nitrogens with two attached hydrogens (primary N) is 1. The van der Waals surface area contributed by atoms with E-state index in [1.165, 1.54) is 4.80 Å². The molecule has 0 atom stereocenters. The van der Waals surface area contributed by atoms with E-state index in [-0.39, 0.29) is 12.4 Å². The van der Waals surface area contributed by atoms with Crippen LogP contribution in [0.5, 0.6) is 0 Å². The Morgan fingerprint density at radius 1 is 1.27 bits per heavy atom. The predicted octanol–water partition coefficient (Wildman–Crippen LogP) is 0.851. The fraction of sp³-hybridized carbons (Fsp3) is 0.222. The summed E-state index contributed by atoms with van der Waals surface area (Å²) in [4.78, 5) is 1.50. The van der Waals surface area contributed by atoms with Crippen molar-refractivity contribution < 1.29 is 0 Å². The second kappa shape index (κ2) is 4.86. The zero-order valence-corrected chi connectivity index (χ0v) is 9.11. The fourth-order valence-corrected chi connectivity index (χ4v) is 1.16. The maximum absolute atomic E-state index is 5.49. The summed E-state index contributed by atoms with van der Waals surface area (Å²) in [5.74, 6) is 0.660. The van der Waals surface area contributed by atoms with Gasteiger partial charge in [-0.1, -0.05) is 12.1 Å². The van der Waals surface area contributed by atoms with Gasteiger partial charge in [0.2, 0.25) is 0 Å². The van der Waals surface area contributed by atoms with Crippen molar-refractivity contribution in [2.75, 3.05) is 0 Å². The molecule has 0 radical (unpaired) electrons. The molecule has 0 bridgehead atoms. The number of tetrazole rings is 1. The van der Waals surface area contributed by atoms with Crippen LogP contribution in [0.25, 0.3) is 5.69 Å². The van der Waals surface area contributed by atoms with E-state index in [1.807, 2.05) is 24.3 Å². The highest BCUT2D eigenvalue weighted by Gasteiger charge is 1.99. The second-order valence-electron chi connectivity index (χ2n) is 3.00. The number of hydrogen-bond donors (Lipinski definition) is 1. The summed E-state index contributed by atoms with van der Waals surface area (Å²) in [6, 6.07) is 7.74. The Morgan fingerprint density at radius 3 is 2.40 bits per heavy atom. The zero-order valence-electron chi connectivity index (χ0n) is 8.29. The molecular weight excluding hydrogens is 214 g/mol. The van der Waals surface area contributed by atoms with Crippen molar-refractivity contribution in [3.8, 4) is 5.69 Å². The molecule has 2 aromatic rings. The first kappa shape index (κ1) is 11.6. The SMILES string of the molecule is Cc1nnn(-c2ccc(CN)cc2)n1.Cl. The number of hydrogen-bond acceptors (Lipinski definition) is 4. The number of nitrogens with zero attached hydrogens (tertiary/aromatic N) is 4. The molecule has 0 saturated carbocycles. The zero-order chi connectivity index (χ0) is 9.97. The molecule has 0 unspecified atom stereocenters. The fourth-order valence-electron chi connectivity index (χ4n) is 1.16. The lowest BCUT2D eigenvalue weighted by Gasteiger charge is -1.99. The third kappa shape index (κ3) is 2.51. The van der Waals surface area contributed by atoms with Gasteiger partial charge in [0.25, 0.3) is 0 Å². The van der Waals surface area contributed by atoms with Crippen LogP contribution in [-0.4, -0.2) is 20.2 Å². The Morgan fingerprint density at radius 2 is 1.93 bits per heavy atom. The number of rotatable bonds is 2. The van der Waals surface area contributed by atoms with Crippen LogP contribution in [0.1, 0.15) is 11.4 Å². The summed E-state index contributed by atoms with van der Waals surface area (Å²) in [6.07, 6.45) is 0. The van der Waals surface area contributed by atoms with Gasteiger partial charge in [-0.3, -0.25) is 0 Å². The molecule has 0 aliphatic rings. The summed E-state index contributed by atoms with van der Waals surface area (Å²) in [6.45, 7) is 2.35. The van der Waals surface area contributed by atoms with Gasteiger partial charge in [-0.15, -0.1) is 27.4 Å². The topological polar surface area (TPSA) is 69.6 Å². The lowest BCUT2D eigenvalue weighted by atomic mass is 10.2. The number of halogens is 1. The van der Waals surface area contributed by atoms with Crippen LogP contribution in [0.3, 0.4) is 0 Å². The largest absolute Gasteiger partial charge is 0.326 e. The normalized spacial score (nSPS) is 9.73. The molecule has 0 saturated heterocycles. The quantitative estimate of drug-likeness (QED) is 0.823. The molecule has 0 amide bonds. The Hall–Kier alpha value is -1.46. The van der Waals surface area contributed by atoms with Crippen molar-refractivity contribution in [3.63, 3.8) is 0 Å². The monoisotopic (exact) mass is 225 g/mol. The number of benzene rings is 1. The summed E-state index contributed by atoms with van der Waals surface area (Å²) in [5, 5.41) is 11.8. The summed E-state index contributed by atoms with van der Waals surface area (Å²) < 4.78 is 0. The highest BCUT2D eigenvalue weighted by atomic mass is 35.5. The number of aromatic nitrogens is 4. The molecule has 0 spiro atoms. The molecule has 6 heteroatoms. The average Bonchev–Trinajstić information content (AvgIpc) is 2.65. The molecule has 0 aliphatic heterocycles. The maximum atomic E-state index is 5.49. The van der Waals surface area contributed by atoms with E-state index >= 15 is 0 Å². The van der Waals surface area contributed by atoms with Gasteiger partial charge >= 0.3 is 0 Å². The van der Waals surface area contributed by atoms with Gasteiger partial charge in [-0.2, -0.15) is 0 Å².